The number of rotatable bonds is 2. The summed E-state index contributed by atoms with van der Waals surface area (Å²) in [5, 5.41) is 9.90. The Bertz CT molecular complexity index is 489. The Morgan fingerprint density at radius 2 is 2.10 bits per heavy atom. The molecule has 0 aromatic carbocycles. The number of methoxy groups -OCH3 is 1. The number of aliphatic hydroxyl groups excluding tert-OH is 1. The van der Waals surface area contributed by atoms with Crippen LogP contribution in [-0.2, 0) is 14.3 Å². The molecule has 6 fully saturated rings. The van der Waals surface area contributed by atoms with Gasteiger partial charge in [-0.15, -0.1) is 0 Å². The Morgan fingerprint density at radius 1 is 1.35 bits per heavy atom. The van der Waals surface area contributed by atoms with Crippen molar-refractivity contribution in [3.8, 4) is 0 Å². The Labute approximate surface area is 118 Å². The van der Waals surface area contributed by atoms with E-state index in [9.17, 15) is 9.90 Å². The van der Waals surface area contributed by atoms with Crippen LogP contribution < -0.4 is 0 Å². The highest BCUT2D eigenvalue weighted by molar-refractivity contribution is 5.80. The fourth-order valence-electron chi connectivity index (χ4n) is 6.97. The molecule has 5 saturated carbocycles. The minimum absolute atomic E-state index is 0.0439. The lowest BCUT2D eigenvalue weighted by Crippen LogP contribution is -2.53. The lowest BCUT2D eigenvalue weighted by Gasteiger charge is -2.42. The van der Waals surface area contributed by atoms with E-state index in [2.05, 4.69) is 0 Å². The molecule has 0 radical (unpaired) electrons. The molecule has 0 aromatic rings. The molecule has 1 N–H and O–H groups in total. The van der Waals surface area contributed by atoms with Gasteiger partial charge in [-0.1, -0.05) is 0 Å². The Balaban J connectivity index is 1.69. The molecule has 5 atom stereocenters. The minimum atomic E-state index is -0.475. The van der Waals surface area contributed by atoms with Crippen molar-refractivity contribution in [2.75, 3.05) is 13.7 Å². The third-order valence-electron chi connectivity index (χ3n) is 7.40. The van der Waals surface area contributed by atoms with Crippen molar-refractivity contribution in [3.63, 3.8) is 0 Å². The average Bonchev–Trinajstić information content (AvgIpc) is 2.83. The first kappa shape index (κ1) is 12.0. The molecule has 1 heterocycles. The first-order valence-electron chi connectivity index (χ1n) is 8.02. The molecule has 110 valence electrons. The number of ether oxygens (including phenoxy) is 2. The van der Waals surface area contributed by atoms with Crippen LogP contribution in [0.4, 0.5) is 0 Å². The van der Waals surface area contributed by atoms with Crippen LogP contribution in [0.2, 0.25) is 0 Å². The van der Waals surface area contributed by atoms with Crippen molar-refractivity contribution in [2.24, 2.45) is 29.1 Å². The van der Waals surface area contributed by atoms with Crippen LogP contribution >= 0.6 is 0 Å². The third kappa shape index (κ3) is 0.970. The van der Waals surface area contributed by atoms with E-state index in [-0.39, 0.29) is 18.2 Å². The summed E-state index contributed by atoms with van der Waals surface area (Å²) in [4.78, 5) is 12.7. The topological polar surface area (TPSA) is 55.8 Å². The zero-order valence-corrected chi connectivity index (χ0v) is 11.9. The van der Waals surface area contributed by atoms with Crippen molar-refractivity contribution >= 4 is 5.97 Å². The van der Waals surface area contributed by atoms with Crippen molar-refractivity contribution in [1.82, 2.24) is 0 Å². The quantitative estimate of drug-likeness (QED) is 0.778. The van der Waals surface area contributed by atoms with Crippen LogP contribution in [0.3, 0.4) is 0 Å². The Kier molecular flexibility index (Phi) is 1.95. The zero-order valence-electron chi connectivity index (χ0n) is 11.9. The van der Waals surface area contributed by atoms with Crippen LogP contribution in [0, 0.1) is 29.1 Å². The summed E-state index contributed by atoms with van der Waals surface area (Å²) in [6.45, 7) is 0.0439. The first-order valence-corrected chi connectivity index (χ1v) is 8.02. The van der Waals surface area contributed by atoms with Crippen molar-refractivity contribution in [3.05, 3.63) is 0 Å². The van der Waals surface area contributed by atoms with E-state index in [4.69, 9.17) is 9.47 Å². The second-order valence-corrected chi connectivity index (χ2v) is 7.86. The second kappa shape index (κ2) is 3.25. The number of fused-ring (bicyclic) bond motifs is 2. The van der Waals surface area contributed by atoms with Gasteiger partial charge in [0.05, 0.1) is 24.9 Å². The number of hydrogen-bond acceptors (Lipinski definition) is 4. The number of hydrogen-bond donors (Lipinski definition) is 1. The molecular weight excluding hydrogens is 256 g/mol. The largest absolute Gasteiger partial charge is 0.469 e. The zero-order chi connectivity index (χ0) is 13.8. The molecule has 1 spiro atoms. The average molecular weight is 278 g/mol. The van der Waals surface area contributed by atoms with Crippen LogP contribution in [0.5, 0.6) is 0 Å². The summed E-state index contributed by atoms with van der Waals surface area (Å²) in [7, 11) is 1.50. The predicted octanol–water partition coefficient (Wildman–Crippen LogP) is 1.51. The van der Waals surface area contributed by atoms with Gasteiger partial charge in [0.25, 0.3) is 0 Å². The molecular formula is C16H22O4. The Morgan fingerprint density at radius 3 is 2.65 bits per heavy atom. The van der Waals surface area contributed by atoms with Gasteiger partial charge in [0.1, 0.15) is 5.41 Å². The van der Waals surface area contributed by atoms with Gasteiger partial charge in [0.2, 0.25) is 0 Å². The van der Waals surface area contributed by atoms with Gasteiger partial charge in [-0.25, -0.2) is 0 Å². The van der Waals surface area contributed by atoms with E-state index in [1.54, 1.807) is 0 Å². The van der Waals surface area contributed by atoms with Gasteiger partial charge >= 0.3 is 5.97 Å². The fraction of sp³-hybridized carbons (Fsp3) is 0.938. The lowest BCUT2D eigenvalue weighted by molar-refractivity contribution is -0.180. The highest BCUT2D eigenvalue weighted by Gasteiger charge is 2.87. The lowest BCUT2D eigenvalue weighted by atomic mass is 9.60. The van der Waals surface area contributed by atoms with Crippen LogP contribution in [0.15, 0.2) is 0 Å². The molecule has 4 nitrogen and oxygen atoms in total. The smallest absolute Gasteiger partial charge is 0.314 e. The SMILES string of the molecule is COC(=O)[C@@]12CCC[C@@](CO)(C1)O[C@]21C2CC3C(C2)C31. The number of esters is 1. The highest BCUT2D eigenvalue weighted by atomic mass is 16.6. The van der Waals surface area contributed by atoms with E-state index in [1.807, 2.05) is 0 Å². The van der Waals surface area contributed by atoms with Crippen LogP contribution in [-0.4, -0.2) is 36.0 Å². The van der Waals surface area contributed by atoms with Gasteiger partial charge in [-0.3, -0.25) is 4.79 Å². The van der Waals surface area contributed by atoms with Gasteiger partial charge in [0, 0.05) is 0 Å². The van der Waals surface area contributed by atoms with E-state index >= 15 is 0 Å². The minimum Gasteiger partial charge on any atom is -0.469 e. The molecule has 5 aliphatic carbocycles. The molecule has 4 heteroatoms. The standard InChI is InChI=1S/C16H22O4/c1-19-13(18)15-4-2-3-14(7-15,8-17)20-16(15)9-5-10-11(6-9)12(10)16/h9-12,17H,2-8H2,1H3/t9?,10?,11?,12?,14-,15+,16-/m0/s1. The number of carbonyl (C=O) groups excluding carboxylic acids is 1. The van der Waals surface area contributed by atoms with E-state index < -0.39 is 11.0 Å². The summed E-state index contributed by atoms with van der Waals surface area (Å²) in [6.07, 6.45) is 5.87. The summed E-state index contributed by atoms with van der Waals surface area (Å²) >= 11 is 0. The molecule has 1 aliphatic heterocycles. The summed E-state index contributed by atoms with van der Waals surface area (Å²) in [6, 6.07) is 0. The molecule has 6 rings (SSSR count). The maximum Gasteiger partial charge on any atom is 0.314 e. The maximum atomic E-state index is 12.7. The normalized spacial score (nSPS) is 61.1. The van der Waals surface area contributed by atoms with Crippen molar-refractivity contribution < 1.29 is 19.4 Å². The summed E-state index contributed by atoms with van der Waals surface area (Å²) in [5.41, 5.74) is -1.25. The third-order valence-corrected chi connectivity index (χ3v) is 7.40. The van der Waals surface area contributed by atoms with Gasteiger partial charge in [-0.05, 0) is 62.2 Å². The summed E-state index contributed by atoms with van der Waals surface area (Å²) < 4.78 is 11.9. The molecule has 6 bridgehead atoms. The van der Waals surface area contributed by atoms with Crippen molar-refractivity contribution in [2.45, 2.75) is 49.7 Å². The van der Waals surface area contributed by atoms with Crippen LogP contribution in [0.25, 0.3) is 0 Å². The van der Waals surface area contributed by atoms with E-state index in [0.29, 0.717) is 18.3 Å². The van der Waals surface area contributed by atoms with Crippen molar-refractivity contribution in [1.29, 1.82) is 0 Å². The maximum absolute atomic E-state index is 12.7. The molecule has 2 unspecified atom stereocenters. The molecule has 1 saturated heterocycles. The molecule has 0 amide bonds. The summed E-state index contributed by atoms with van der Waals surface area (Å²) in [5.74, 6) is 2.59. The highest BCUT2D eigenvalue weighted by Crippen LogP contribution is 2.83. The predicted molar refractivity (Wildman–Crippen MR) is 69.7 cm³/mol. The van der Waals surface area contributed by atoms with Gasteiger partial charge in [-0.2, -0.15) is 0 Å². The van der Waals surface area contributed by atoms with Gasteiger partial charge < -0.3 is 14.6 Å². The molecule has 0 aromatic heterocycles. The molecule has 6 aliphatic rings. The Hall–Kier alpha value is -0.610. The van der Waals surface area contributed by atoms with E-state index in [1.165, 1.54) is 20.0 Å². The van der Waals surface area contributed by atoms with E-state index in [0.717, 1.165) is 31.1 Å². The molecule has 20 heavy (non-hydrogen) atoms. The number of carbonyl (C=O) groups is 1. The number of aliphatic hydroxyl groups is 1. The van der Waals surface area contributed by atoms with Crippen LogP contribution in [0.1, 0.15) is 38.5 Å². The second-order valence-electron chi connectivity index (χ2n) is 7.86. The van der Waals surface area contributed by atoms with Gasteiger partial charge in [0.15, 0.2) is 0 Å². The first-order chi connectivity index (χ1) is 9.62. The monoisotopic (exact) mass is 278 g/mol. The fourth-order valence-corrected chi connectivity index (χ4v) is 6.97.